The van der Waals surface area contributed by atoms with E-state index in [4.69, 9.17) is 9.31 Å². The minimum atomic E-state index is -0.409. The number of nitrogens with one attached hydrogen (secondary N) is 1. The van der Waals surface area contributed by atoms with Gasteiger partial charge in [-0.2, -0.15) is 0 Å². The summed E-state index contributed by atoms with van der Waals surface area (Å²) in [6.07, 6.45) is 1.36. The molecular weight excluding hydrogens is 277 g/mol. The smallest absolute Gasteiger partial charge is 0.399 e. The summed E-state index contributed by atoms with van der Waals surface area (Å²) in [4.78, 5) is 11.8. The van der Waals surface area contributed by atoms with Gasteiger partial charge in [-0.1, -0.05) is 18.6 Å². The molecule has 1 heterocycles. The van der Waals surface area contributed by atoms with Crippen molar-refractivity contribution in [2.24, 2.45) is 0 Å². The van der Waals surface area contributed by atoms with Crippen molar-refractivity contribution in [3.8, 4) is 0 Å². The fourth-order valence-corrected chi connectivity index (χ4v) is 2.39. The minimum Gasteiger partial charge on any atom is -0.399 e. The largest absolute Gasteiger partial charge is 0.495 e. The Morgan fingerprint density at radius 1 is 1.18 bits per heavy atom. The Balaban J connectivity index is 2.23. The average molecular weight is 303 g/mol. The van der Waals surface area contributed by atoms with E-state index in [-0.39, 0.29) is 17.1 Å². The summed E-state index contributed by atoms with van der Waals surface area (Å²) in [7, 11) is -0.409. The molecule has 1 aliphatic rings. The molecule has 1 amide bonds. The zero-order chi connectivity index (χ0) is 16.5. The van der Waals surface area contributed by atoms with Crippen LogP contribution in [0.15, 0.2) is 18.2 Å². The monoisotopic (exact) mass is 303 g/mol. The first kappa shape index (κ1) is 17.0. The Morgan fingerprint density at radius 3 is 2.32 bits per heavy atom. The number of hydrogen-bond acceptors (Lipinski definition) is 3. The Bertz CT molecular complexity index is 553. The van der Waals surface area contributed by atoms with Gasteiger partial charge in [0.25, 0.3) is 0 Å². The molecule has 0 atom stereocenters. The van der Waals surface area contributed by atoms with Crippen LogP contribution in [0, 0.1) is 6.92 Å². The molecule has 1 saturated heterocycles. The fourth-order valence-electron chi connectivity index (χ4n) is 2.39. The Hall–Kier alpha value is -1.33. The van der Waals surface area contributed by atoms with Crippen LogP contribution < -0.4 is 10.8 Å². The molecule has 0 radical (unpaired) electrons. The molecule has 0 bridgehead atoms. The number of carbonyl (C=O) groups excluding carboxylic acids is 1. The summed E-state index contributed by atoms with van der Waals surface area (Å²) >= 11 is 0. The maximum absolute atomic E-state index is 11.8. The van der Waals surface area contributed by atoms with Crippen molar-refractivity contribution in [1.29, 1.82) is 0 Å². The number of benzene rings is 1. The first-order chi connectivity index (χ1) is 10.2. The van der Waals surface area contributed by atoms with E-state index >= 15 is 0 Å². The van der Waals surface area contributed by atoms with Crippen LogP contribution in [0.2, 0.25) is 0 Å². The van der Waals surface area contributed by atoms with E-state index in [1.807, 2.05) is 59.7 Å². The number of amides is 1. The van der Waals surface area contributed by atoms with E-state index in [0.717, 1.165) is 23.1 Å². The van der Waals surface area contributed by atoms with Gasteiger partial charge in [0.2, 0.25) is 5.91 Å². The third kappa shape index (κ3) is 3.36. The fraction of sp³-hybridized carbons (Fsp3) is 0.588. The van der Waals surface area contributed by atoms with Crippen molar-refractivity contribution in [3.63, 3.8) is 0 Å². The van der Waals surface area contributed by atoms with Gasteiger partial charge in [-0.3, -0.25) is 4.79 Å². The van der Waals surface area contributed by atoms with Gasteiger partial charge in [0.05, 0.1) is 11.2 Å². The van der Waals surface area contributed by atoms with E-state index in [2.05, 4.69) is 5.32 Å². The van der Waals surface area contributed by atoms with E-state index < -0.39 is 7.12 Å². The normalized spacial score (nSPS) is 19.3. The highest BCUT2D eigenvalue weighted by Crippen LogP contribution is 2.36. The third-order valence-electron chi connectivity index (χ3n) is 4.55. The lowest BCUT2D eigenvalue weighted by atomic mass is 9.76. The second-order valence-electron chi connectivity index (χ2n) is 6.96. The molecule has 0 aromatic heterocycles. The average Bonchev–Trinajstić information content (AvgIpc) is 2.61. The molecule has 2 rings (SSSR count). The number of rotatable bonds is 4. The summed E-state index contributed by atoms with van der Waals surface area (Å²) in [6.45, 7) is 12.2. The number of hydrogen-bond donors (Lipinski definition) is 1. The van der Waals surface area contributed by atoms with Crippen LogP contribution in [0.5, 0.6) is 0 Å². The third-order valence-corrected chi connectivity index (χ3v) is 4.55. The van der Waals surface area contributed by atoms with Gasteiger partial charge in [0.1, 0.15) is 0 Å². The second kappa shape index (κ2) is 6.05. The van der Waals surface area contributed by atoms with E-state index in [1.54, 1.807) is 0 Å². The van der Waals surface area contributed by atoms with Crippen LogP contribution in [0.4, 0.5) is 5.69 Å². The maximum atomic E-state index is 11.8. The quantitative estimate of drug-likeness (QED) is 0.870. The van der Waals surface area contributed by atoms with Gasteiger partial charge >= 0.3 is 7.12 Å². The van der Waals surface area contributed by atoms with Crippen LogP contribution in [0.3, 0.4) is 0 Å². The van der Waals surface area contributed by atoms with Crippen molar-refractivity contribution in [1.82, 2.24) is 0 Å². The SMILES string of the molecule is CCCC(=O)Nc1ccc(C)c(B2OC(C)(C)C(C)(C)O2)c1. The van der Waals surface area contributed by atoms with Crippen molar-refractivity contribution in [3.05, 3.63) is 23.8 Å². The number of anilines is 1. The molecule has 1 N–H and O–H groups in total. The highest BCUT2D eigenvalue weighted by atomic mass is 16.7. The van der Waals surface area contributed by atoms with Crippen LogP contribution in [0.25, 0.3) is 0 Å². The zero-order valence-corrected chi connectivity index (χ0v) is 14.4. The van der Waals surface area contributed by atoms with Gasteiger partial charge in [-0.15, -0.1) is 0 Å². The van der Waals surface area contributed by atoms with Gasteiger partial charge in [-0.05, 0) is 58.6 Å². The molecule has 1 aromatic rings. The summed E-state index contributed by atoms with van der Waals surface area (Å²) in [5, 5.41) is 2.93. The van der Waals surface area contributed by atoms with Crippen molar-refractivity contribution in [2.45, 2.75) is 65.6 Å². The molecule has 0 spiro atoms. The molecule has 22 heavy (non-hydrogen) atoms. The lowest BCUT2D eigenvalue weighted by Gasteiger charge is -2.32. The molecule has 0 aliphatic carbocycles. The van der Waals surface area contributed by atoms with Crippen molar-refractivity contribution in [2.75, 3.05) is 5.32 Å². The van der Waals surface area contributed by atoms with Gasteiger partial charge in [0.15, 0.2) is 0 Å². The predicted octanol–water partition coefficient (Wildman–Crippen LogP) is 3.03. The Morgan fingerprint density at radius 2 is 1.77 bits per heavy atom. The summed E-state index contributed by atoms with van der Waals surface area (Å²) < 4.78 is 12.2. The summed E-state index contributed by atoms with van der Waals surface area (Å²) in [5.41, 5.74) is 2.10. The molecule has 0 unspecified atom stereocenters. The molecule has 1 aliphatic heterocycles. The van der Waals surface area contributed by atoms with Gasteiger partial charge in [0, 0.05) is 12.1 Å². The lowest BCUT2D eigenvalue weighted by molar-refractivity contribution is -0.116. The highest BCUT2D eigenvalue weighted by Gasteiger charge is 2.52. The zero-order valence-electron chi connectivity index (χ0n) is 14.4. The Kier molecular flexibility index (Phi) is 4.69. The minimum absolute atomic E-state index is 0.0335. The van der Waals surface area contributed by atoms with E-state index in [0.29, 0.717) is 6.42 Å². The number of carbonyl (C=O) groups is 1. The van der Waals surface area contributed by atoms with E-state index in [9.17, 15) is 4.79 Å². The van der Waals surface area contributed by atoms with E-state index in [1.165, 1.54) is 0 Å². The molecule has 120 valence electrons. The van der Waals surface area contributed by atoms with Crippen LogP contribution >= 0.6 is 0 Å². The first-order valence-corrected chi connectivity index (χ1v) is 7.92. The Labute approximate surface area is 133 Å². The molecule has 4 nitrogen and oxygen atoms in total. The first-order valence-electron chi connectivity index (χ1n) is 7.92. The van der Waals surface area contributed by atoms with Crippen LogP contribution in [-0.2, 0) is 14.1 Å². The molecular formula is C17H26BNO3. The van der Waals surface area contributed by atoms with Gasteiger partial charge in [-0.25, -0.2) is 0 Å². The predicted molar refractivity (Wildman–Crippen MR) is 90.4 cm³/mol. The molecule has 1 aromatic carbocycles. The van der Waals surface area contributed by atoms with Crippen molar-refractivity contribution >= 4 is 24.2 Å². The van der Waals surface area contributed by atoms with Crippen LogP contribution in [-0.4, -0.2) is 24.2 Å². The standard InChI is InChI=1S/C17H26BNO3/c1-7-8-15(20)19-13-10-9-12(2)14(11-13)18-21-16(3,4)17(5,6)22-18/h9-11H,7-8H2,1-6H3,(H,19,20). The number of aryl methyl sites for hydroxylation is 1. The van der Waals surface area contributed by atoms with Gasteiger partial charge < -0.3 is 14.6 Å². The highest BCUT2D eigenvalue weighted by molar-refractivity contribution is 6.62. The molecule has 0 saturated carbocycles. The summed E-state index contributed by atoms with van der Waals surface area (Å²) in [5.74, 6) is 0.0335. The summed E-state index contributed by atoms with van der Waals surface area (Å²) in [6, 6.07) is 5.85. The molecule has 1 fully saturated rings. The maximum Gasteiger partial charge on any atom is 0.495 e. The topological polar surface area (TPSA) is 47.6 Å². The van der Waals surface area contributed by atoms with Crippen LogP contribution in [0.1, 0.15) is 53.0 Å². The van der Waals surface area contributed by atoms with Crippen molar-refractivity contribution < 1.29 is 14.1 Å². The second-order valence-corrected chi connectivity index (χ2v) is 6.96. The molecule has 5 heteroatoms. The lowest BCUT2D eigenvalue weighted by Crippen LogP contribution is -2.41.